The fraction of sp³-hybridized carbons (Fsp3) is 0.571. The van der Waals surface area contributed by atoms with Crippen LogP contribution in [0, 0.1) is 0 Å². The lowest BCUT2D eigenvalue weighted by Crippen LogP contribution is -2.42. The topological polar surface area (TPSA) is 9.23 Å². The van der Waals surface area contributed by atoms with Crippen molar-refractivity contribution in [1.29, 1.82) is 0 Å². The summed E-state index contributed by atoms with van der Waals surface area (Å²) >= 11 is 0. The molecule has 0 heterocycles. The summed E-state index contributed by atoms with van der Waals surface area (Å²) in [6, 6.07) is 0. The van der Waals surface area contributed by atoms with E-state index in [4.69, 9.17) is 4.43 Å². The summed E-state index contributed by atoms with van der Waals surface area (Å²) in [5.74, 6) is 0. The van der Waals surface area contributed by atoms with Crippen LogP contribution in [0.25, 0.3) is 0 Å². The summed E-state index contributed by atoms with van der Waals surface area (Å²) in [7, 11) is -1.67. The molecule has 1 nitrogen and oxygen atoms in total. The van der Waals surface area contributed by atoms with Crippen LogP contribution in [0.4, 0.5) is 0 Å². The van der Waals surface area contributed by atoms with Gasteiger partial charge in [0.1, 0.15) is 0 Å². The third-order valence-corrected chi connectivity index (χ3v) is 7.76. The highest BCUT2D eigenvalue weighted by atomic mass is 28.4. The predicted octanol–water partition coefficient (Wildman–Crippen LogP) is 4.70. The molecule has 0 fully saturated rings. The highest BCUT2D eigenvalue weighted by Gasteiger charge is 2.38. The number of allylic oxidation sites excluding steroid dienone is 3. The fourth-order valence-corrected chi connectivity index (χ4v) is 2.52. The van der Waals surface area contributed by atoms with Gasteiger partial charge in [-0.25, -0.2) is 0 Å². The minimum absolute atomic E-state index is 0.117. The predicted molar refractivity (Wildman–Crippen MR) is 76.2 cm³/mol. The second-order valence-corrected chi connectivity index (χ2v) is 10.4. The molecule has 0 saturated heterocycles. The molecule has 0 aromatic rings. The number of hydrogen-bond donors (Lipinski definition) is 0. The van der Waals surface area contributed by atoms with Gasteiger partial charge < -0.3 is 4.43 Å². The third-order valence-electron chi connectivity index (χ3n) is 3.19. The molecule has 2 heteroatoms. The van der Waals surface area contributed by atoms with Gasteiger partial charge in [0.05, 0.1) is 6.10 Å². The van der Waals surface area contributed by atoms with Crippen LogP contribution < -0.4 is 0 Å². The number of rotatable bonds is 5. The van der Waals surface area contributed by atoms with Gasteiger partial charge in [0.25, 0.3) is 0 Å². The van der Waals surface area contributed by atoms with E-state index in [-0.39, 0.29) is 11.1 Å². The van der Waals surface area contributed by atoms with E-state index < -0.39 is 8.32 Å². The van der Waals surface area contributed by atoms with Gasteiger partial charge in [0, 0.05) is 0 Å². The van der Waals surface area contributed by atoms with Gasteiger partial charge in [0.2, 0.25) is 0 Å². The molecule has 92 valence electrons. The van der Waals surface area contributed by atoms with Gasteiger partial charge in [0.15, 0.2) is 8.32 Å². The van der Waals surface area contributed by atoms with Crippen LogP contribution in [-0.2, 0) is 4.43 Å². The van der Waals surface area contributed by atoms with Crippen molar-refractivity contribution < 1.29 is 4.43 Å². The minimum atomic E-state index is -1.67. The Morgan fingerprint density at radius 2 is 1.62 bits per heavy atom. The van der Waals surface area contributed by atoms with Crippen LogP contribution >= 0.6 is 0 Å². The van der Waals surface area contributed by atoms with E-state index in [1.807, 2.05) is 0 Å². The van der Waals surface area contributed by atoms with Gasteiger partial charge in [-0.3, -0.25) is 0 Å². The van der Waals surface area contributed by atoms with E-state index in [9.17, 15) is 0 Å². The average Bonchev–Trinajstić information content (AvgIpc) is 2.11. The zero-order chi connectivity index (χ0) is 13.0. The minimum Gasteiger partial charge on any atom is -0.411 e. The van der Waals surface area contributed by atoms with E-state index in [2.05, 4.69) is 60.0 Å². The summed E-state index contributed by atoms with van der Waals surface area (Å²) in [5.41, 5.74) is 1.03. The van der Waals surface area contributed by atoms with Crippen LogP contribution in [0.3, 0.4) is 0 Å². The number of hydrogen-bond acceptors (Lipinski definition) is 1. The van der Waals surface area contributed by atoms with Gasteiger partial charge in [-0.05, 0) is 30.6 Å². The Bertz CT molecular complexity index is 272. The van der Waals surface area contributed by atoms with Crippen molar-refractivity contribution in [3.8, 4) is 0 Å². The second-order valence-electron chi connectivity index (χ2n) is 5.66. The molecule has 0 amide bonds. The normalized spacial score (nSPS) is 14.1. The molecule has 0 aliphatic carbocycles. The van der Waals surface area contributed by atoms with Crippen LogP contribution in [0.1, 0.15) is 27.7 Å². The van der Waals surface area contributed by atoms with Crippen molar-refractivity contribution in [1.82, 2.24) is 0 Å². The van der Waals surface area contributed by atoms with Gasteiger partial charge >= 0.3 is 0 Å². The van der Waals surface area contributed by atoms with Crippen molar-refractivity contribution >= 4 is 8.32 Å². The van der Waals surface area contributed by atoms with E-state index in [1.54, 1.807) is 12.2 Å². The van der Waals surface area contributed by atoms with E-state index >= 15 is 0 Å². The highest BCUT2D eigenvalue weighted by Crippen LogP contribution is 2.37. The Hall–Kier alpha value is -0.603. The van der Waals surface area contributed by atoms with Crippen LogP contribution in [0.2, 0.25) is 18.1 Å². The molecule has 0 unspecified atom stereocenters. The first-order valence-corrected chi connectivity index (χ1v) is 8.69. The maximum absolute atomic E-state index is 6.20. The average molecular weight is 238 g/mol. The second kappa shape index (κ2) is 5.64. The summed E-state index contributed by atoms with van der Waals surface area (Å²) in [6.45, 7) is 20.8. The SMILES string of the molecule is C=CC(C=C)=C[C@H](C)O[Si](C)(C)C(C)(C)C. The summed E-state index contributed by atoms with van der Waals surface area (Å²) < 4.78 is 6.20. The largest absolute Gasteiger partial charge is 0.411 e. The van der Waals surface area contributed by atoms with E-state index in [0.29, 0.717) is 0 Å². The van der Waals surface area contributed by atoms with Gasteiger partial charge in [-0.2, -0.15) is 0 Å². The molecule has 0 spiro atoms. The van der Waals surface area contributed by atoms with Gasteiger partial charge in [-0.15, -0.1) is 0 Å². The Balaban J connectivity index is 4.69. The smallest absolute Gasteiger partial charge is 0.192 e. The lowest BCUT2D eigenvalue weighted by atomic mass is 10.2. The summed E-state index contributed by atoms with van der Waals surface area (Å²) in [5, 5.41) is 0.248. The van der Waals surface area contributed by atoms with Crippen molar-refractivity contribution in [3.05, 3.63) is 37.0 Å². The van der Waals surface area contributed by atoms with E-state index in [1.165, 1.54) is 0 Å². The molecule has 1 atom stereocenters. The van der Waals surface area contributed by atoms with Crippen LogP contribution in [0.15, 0.2) is 37.0 Å². The van der Waals surface area contributed by atoms with Crippen molar-refractivity contribution in [2.45, 2.75) is 51.9 Å². The summed E-state index contributed by atoms with van der Waals surface area (Å²) in [6.07, 6.45) is 5.80. The van der Waals surface area contributed by atoms with Crippen LogP contribution in [-0.4, -0.2) is 14.4 Å². The van der Waals surface area contributed by atoms with Crippen LogP contribution in [0.5, 0.6) is 0 Å². The molecule has 0 saturated carbocycles. The lowest BCUT2D eigenvalue weighted by molar-refractivity contribution is 0.243. The first-order valence-electron chi connectivity index (χ1n) is 5.78. The molecule has 0 rings (SSSR count). The fourth-order valence-electron chi connectivity index (χ4n) is 1.17. The molecule has 0 radical (unpaired) electrons. The molecular weight excluding hydrogens is 212 g/mol. The zero-order valence-corrected chi connectivity index (χ0v) is 12.6. The lowest BCUT2D eigenvalue weighted by Gasteiger charge is -2.38. The van der Waals surface area contributed by atoms with Crippen molar-refractivity contribution in [2.75, 3.05) is 0 Å². The summed E-state index contributed by atoms with van der Waals surface area (Å²) in [4.78, 5) is 0. The molecule has 0 aliphatic rings. The molecule has 0 bridgehead atoms. The Kier molecular flexibility index (Phi) is 5.43. The monoisotopic (exact) mass is 238 g/mol. The molecule has 0 aliphatic heterocycles. The Labute approximate surface area is 102 Å². The molecule has 0 aromatic carbocycles. The molecular formula is C14H26OSi. The molecule has 0 aromatic heterocycles. The highest BCUT2D eigenvalue weighted by molar-refractivity contribution is 6.74. The Morgan fingerprint density at radius 1 is 1.19 bits per heavy atom. The quantitative estimate of drug-likeness (QED) is 0.498. The first-order chi connectivity index (χ1) is 7.14. The molecule has 16 heavy (non-hydrogen) atoms. The van der Waals surface area contributed by atoms with Crippen molar-refractivity contribution in [2.24, 2.45) is 0 Å². The Morgan fingerprint density at radius 3 is 1.94 bits per heavy atom. The standard InChI is InChI=1S/C14H26OSi/c1-9-13(10-2)11-12(3)15-16(7,8)14(4,5)6/h9-12H,1-2H2,3-8H3/t12-/m0/s1. The zero-order valence-electron chi connectivity index (χ0n) is 11.6. The van der Waals surface area contributed by atoms with E-state index in [0.717, 1.165) is 5.57 Å². The maximum Gasteiger partial charge on any atom is 0.192 e. The van der Waals surface area contributed by atoms with Crippen molar-refractivity contribution in [3.63, 3.8) is 0 Å². The first kappa shape index (κ1) is 15.4. The third kappa shape index (κ3) is 4.50. The maximum atomic E-state index is 6.20. The molecule has 0 N–H and O–H groups in total. The van der Waals surface area contributed by atoms with Gasteiger partial charge in [-0.1, -0.05) is 52.2 Å².